The second-order valence-corrected chi connectivity index (χ2v) is 7.58. The van der Waals surface area contributed by atoms with Crippen molar-refractivity contribution < 1.29 is 13.2 Å². The number of halogens is 3. The van der Waals surface area contributed by atoms with E-state index in [9.17, 15) is 13.2 Å². The fourth-order valence-corrected chi connectivity index (χ4v) is 3.83. The lowest BCUT2D eigenvalue weighted by molar-refractivity contribution is -0.137. The maximum absolute atomic E-state index is 12.8. The van der Waals surface area contributed by atoms with E-state index in [1.807, 2.05) is 47.4 Å². The Morgan fingerprint density at radius 2 is 1.47 bits per heavy atom. The summed E-state index contributed by atoms with van der Waals surface area (Å²) in [6, 6.07) is 16.1. The van der Waals surface area contributed by atoms with Gasteiger partial charge in [0.2, 0.25) is 0 Å². The monoisotopic (exact) mass is 439 g/mol. The molecule has 0 spiro atoms. The molecule has 4 heterocycles. The van der Waals surface area contributed by atoms with E-state index in [1.54, 1.807) is 4.52 Å². The second-order valence-electron chi connectivity index (χ2n) is 7.58. The zero-order valence-electron chi connectivity index (χ0n) is 17.1. The molecule has 0 saturated carbocycles. The van der Waals surface area contributed by atoms with E-state index < -0.39 is 11.7 Å². The number of alkyl halides is 3. The van der Waals surface area contributed by atoms with Gasteiger partial charge in [0.25, 0.3) is 0 Å². The molecule has 0 aliphatic carbocycles. The van der Waals surface area contributed by atoms with Crippen LogP contribution in [-0.4, -0.2) is 51.0 Å². The molecule has 0 amide bonds. The standard InChI is InChI=1S/C22H20F3N7/c23-22(24,25)17-7-8-18(26-15-17)30-11-4-12-31(14-13-30)20-10-9-19-27-28-21(32(19)29-20)16-5-2-1-3-6-16/h1-3,5-10,15H,4,11-14H2. The quantitative estimate of drug-likeness (QED) is 0.482. The van der Waals surface area contributed by atoms with Crippen LogP contribution in [0.25, 0.3) is 17.0 Å². The first-order valence-corrected chi connectivity index (χ1v) is 10.3. The molecule has 1 aliphatic rings. The van der Waals surface area contributed by atoms with E-state index in [-0.39, 0.29) is 0 Å². The molecule has 1 aromatic carbocycles. The Kier molecular flexibility index (Phi) is 5.12. The minimum atomic E-state index is -4.38. The van der Waals surface area contributed by atoms with Gasteiger partial charge in [-0.15, -0.1) is 15.3 Å². The van der Waals surface area contributed by atoms with Crippen molar-refractivity contribution in [2.24, 2.45) is 0 Å². The minimum Gasteiger partial charge on any atom is -0.355 e. The van der Waals surface area contributed by atoms with Crippen molar-refractivity contribution in [3.05, 3.63) is 66.4 Å². The van der Waals surface area contributed by atoms with Crippen LogP contribution in [0.15, 0.2) is 60.8 Å². The van der Waals surface area contributed by atoms with E-state index >= 15 is 0 Å². The number of benzene rings is 1. The third-order valence-corrected chi connectivity index (χ3v) is 5.50. The number of hydrogen-bond acceptors (Lipinski definition) is 6. The number of rotatable bonds is 3. The van der Waals surface area contributed by atoms with Gasteiger partial charge in [-0.3, -0.25) is 0 Å². The van der Waals surface area contributed by atoms with Gasteiger partial charge in [0.1, 0.15) is 11.6 Å². The van der Waals surface area contributed by atoms with E-state index in [0.29, 0.717) is 36.9 Å². The summed E-state index contributed by atoms with van der Waals surface area (Å²) in [5, 5.41) is 13.3. The zero-order chi connectivity index (χ0) is 22.1. The van der Waals surface area contributed by atoms with Crippen molar-refractivity contribution in [3.8, 4) is 11.4 Å². The summed E-state index contributed by atoms with van der Waals surface area (Å²) >= 11 is 0. The predicted octanol–water partition coefficient (Wildman–Crippen LogP) is 3.92. The molecule has 1 saturated heterocycles. The zero-order valence-corrected chi connectivity index (χ0v) is 17.1. The smallest absolute Gasteiger partial charge is 0.355 e. The topological polar surface area (TPSA) is 62.5 Å². The van der Waals surface area contributed by atoms with Crippen LogP contribution in [0.5, 0.6) is 0 Å². The molecule has 0 radical (unpaired) electrons. The molecule has 5 rings (SSSR count). The third-order valence-electron chi connectivity index (χ3n) is 5.50. The van der Waals surface area contributed by atoms with Gasteiger partial charge in [0, 0.05) is 37.9 Å². The maximum Gasteiger partial charge on any atom is 0.417 e. The van der Waals surface area contributed by atoms with Gasteiger partial charge < -0.3 is 9.80 Å². The first kappa shape index (κ1) is 20.2. The van der Waals surface area contributed by atoms with Crippen molar-refractivity contribution in [2.45, 2.75) is 12.6 Å². The molecule has 164 valence electrons. The van der Waals surface area contributed by atoms with Gasteiger partial charge in [-0.05, 0) is 30.7 Å². The highest BCUT2D eigenvalue weighted by atomic mass is 19.4. The molecular formula is C22H20F3N7. The highest BCUT2D eigenvalue weighted by molar-refractivity contribution is 5.59. The Bertz CT molecular complexity index is 1210. The minimum absolute atomic E-state index is 0.549. The lowest BCUT2D eigenvalue weighted by atomic mass is 10.2. The van der Waals surface area contributed by atoms with Crippen LogP contribution >= 0.6 is 0 Å². The van der Waals surface area contributed by atoms with Crippen molar-refractivity contribution in [1.29, 1.82) is 0 Å². The highest BCUT2D eigenvalue weighted by Gasteiger charge is 2.31. The SMILES string of the molecule is FC(F)(F)c1ccc(N2CCCN(c3ccc4nnc(-c5ccccc5)n4n3)CC2)nc1. The Hall–Kier alpha value is -3.69. The lowest BCUT2D eigenvalue weighted by Gasteiger charge is -2.23. The summed E-state index contributed by atoms with van der Waals surface area (Å²) in [7, 11) is 0. The van der Waals surface area contributed by atoms with E-state index in [2.05, 4.69) is 20.1 Å². The number of fused-ring (bicyclic) bond motifs is 1. The molecule has 1 fully saturated rings. The average Bonchev–Trinajstić information content (AvgIpc) is 3.07. The van der Waals surface area contributed by atoms with Crippen LogP contribution in [0.4, 0.5) is 24.8 Å². The van der Waals surface area contributed by atoms with E-state index in [0.717, 1.165) is 36.6 Å². The summed E-state index contributed by atoms with van der Waals surface area (Å²) < 4.78 is 40.2. The number of aromatic nitrogens is 5. The van der Waals surface area contributed by atoms with Crippen molar-refractivity contribution in [3.63, 3.8) is 0 Å². The third kappa shape index (κ3) is 3.95. The summed E-state index contributed by atoms with van der Waals surface area (Å²) in [5.41, 5.74) is 0.858. The van der Waals surface area contributed by atoms with Gasteiger partial charge in [-0.2, -0.15) is 17.7 Å². The van der Waals surface area contributed by atoms with E-state index in [4.69, 9.17) is 5.10 Å². The van der Waals surface area contributed by atoms with Crippen LogP contribution in [0.2, 0.25) is 0 Å². The Balaban J connectivity index is 1.35. The summed E-state index contributed by atoms with van der Waals surface area (Å²) in [4.78, 5) is 8.21. The molecule has 0 unspecified atom stereocenters. The van der Waals surface area contributed by atoms with Crippen LogP contribution < -0.4 is 9.80 Å². The largest absolute Gasteiger partial charge is 0.417 e. The molecule has 10 heteroatoms. The summed E-state index contributed by atoms with van der Waals surface area (Å²) in [5.74, 6) is 2.03. The van der Waals surface area contributed by atoms with Gasteiger partial charge in [-0.1, -0.05) is 30.3 Å². The number of anilines is 2. The second kappa shape index (κ2) is 8.10. The predicted molar refractivity (Wildman–Crippen MR) is 114 cm³/mol. The van der Waals surface area contributed by atoms with Crippen LogP contribution in [0.3, 0.4) is 0 Å². The van der Waals surface area contributed by atoms with Gasteiger partial charge >= 0.3 is 6.18 Å². The van der Waals surface area contributed by atoms with Crippen molar-refractivity contribution >= 4 is 17.3 Å². The van der Waals surface area contributed by atoms with Crippen LogP contribution in [0, 0.1) is 0 Å². The molecule has 32 heavy (non-hydrogen) atoms. The van der Waals surface area contributed by atoms with Gasteiger partial charge in [-0.25, -0.2) is 4.98 Å². The van der Waals surface area contributed by atoms with Crippen molar-refractivity contribution in [2.75, 3.05) is 36.0 Å². The molecule has 0 N–H and O–H groups in total. The van der Waals surface area contributed by atoms with Crippen molar-refractivity contribution in [1.82, 2.24) is 24.8 Å². The Labute approximate surface area is 182 Å². The Morgan fingerprint density at radius 1 is 0.750 bits per heavy atom. The number of nitrogens with zero attached hydrogens (tertiary/aromatic N) is 7. The molecular weight excluding hydrogens is 419 g/mol. The molecule has 1 aliphatic heterocycles. The molecule has 7 nitrogen and oxygen atoms in total. The molecule has 0 bridgehead atoms. The van der Waals surface area contributed by atoms with E-state index in [1.165, 1.54) is 6.07 Å². The molecule has 3 aromatic heterocycles. The van der Waals surface area contributed by atoms with Gasteiger partial charge in [0.05, 0.1) is 5.56 Å². The first-order valence-electron chi connectivity index (χ1n) is 10.3. The lowest BCUT2D eigenvalue weighted by Crippen LogP contribution is -2.31. The Morgan fingerprint density at radius 3 is 2.16 bits per heavy atom. The summed E-state index contributed by atoms with van der Waals surface area (Å²) in [6.07, 6.45) is -2.66. The van der Waals surface area contributed by atoms with Crippen LogP contribution in [-0.2, 0) is 6.18 Å². The molecule has 4 aromatic rings. The fraction of sp³-hybridized carbons (Fsp3) is 0.273. The normalized spacial score (nSPS) is 15.2. The number of pyridine rings is 1. The summed E-state index contributed by atoms with van der Waals surface area (Å²) in [6.45, 7) is 2.78. The average molecular weight is 439 g/mol. The highest BCUT2D eigenvalue weighted by Crippen LogP contribution is 2.29. The molecule has 0 atom stereocenters. The van der Waals surface area contributed by atoms with Gasteiger partial charge in [0.15, 0.2) is 11.5 Å². The maximum atomic E-state index is 12.8. The number of hydrogen-bond donors (Lipinski definition) is 0. The van der Waals surface area contributed by atoms with Crippen LogP contribution in [0.1, 0.15) is 12.0 Å². The fourth-order valence-electron chi connectivity index (χ4n) is 3.83. The first-order chi connectivity index (χ1) is 15.5.